The third-order valence-corrected chi connectivity index (χ3v) is 5.49. The molecule has 0 radical (unpaired) electrons. The van der Waals surface area contributed by atoms with Crippen LogP contribution in [0, 0.1) is 5.41 Å². The van der Waals surface area contributed by atoms with Crippen molar-refractivity contribution < 1.29 is 4.79 Å². The first-order chi connectivity index (χ1) is 12.2. The second-order valence-corrected chi connectivity index (χ2v) is 7.35. The molecule has 0 aromatic carbocycles. The van der Waals surface area contributed by atoms with E-state index in [-0.39, 0.29) is 11.3 Å². The van der Waals surface area contributed by atoms with Gasteiger partial charge in [-0.15, -0.1) is 0 Å². The maximum Gasteiger partial charge on any atom is 0.255 e. The van der Waals surface area contributed by atoms with Gasteiger partial charge in [-0.2, -0.15) is 0 Å². The molecule has 1 unspecified atom stereocenters. The lowest BCUT2D eigenvalue weighted by Crippen LogP contribution is -2.47. The quantitative estimate of drug-likeness (QED) is 0.864. The average molecular weight is 336 g/mol. The number of nitrogens with zero attached hydrogens (tertiary/aromatic N) is 4. The zero-order valence-corrected chi connectivity index (χ0v) is 14.5. The number of likely N-dealkylation sites (tertiary alicyclic amines) is 2. The van der Waals surface area contributed by atoms with Gasteiger partial charge in [0.25, 0.3) is 5.91 Å². The minimum Gasteiger partial charge on any atom is -0.338 e. The second-order valence-electron chi connectivity index (χ2n) is 7.35. The van der Waals surface area contributed by atoms with Gasteiger partial charge in [-0.25, -0.2) is 0 Å². The molecule has 1 spiro atoms. The summed E-state index contributed by atoms with van der Waals surface area (Å²) in [6.45, 7) is 4.76. The fourth-order valence-corrected chi connectivity index (χ4v) is 4.27. The third-order valence-electron chi connectivity index (χ3n) is 5.49. The van der Waals surface area contributed by atoms with Crippen LogP contribution in [0.25, 0.3) is 0 Å². The van der Waals surface area contributed by atoms with Gasteiger partial charge in [-0.05, 0) is 50.1 Å². The highest BCUT2D eigenvalue weighted by Crippen LogP contribution is 2.39. The van der Waals surface area contributed by atoms with Crippen LogP contribution >= 0.6 is 0 Å². The summed E-state index contributed by atoms with van der Waals surface area (Å²) >= 11 is 0. The fourth-order valence-electron chi connectivity index (χ4n) is 4.27. The fraction of sp³-hybridized carbons (Fsp3) is 0.450. The molecule has 0 aliphatic carbocycles. The number of carbonyl (C=O) groups excluding carboxylic acids is 1. The first-order valence-corrected chi connectivity index (χ1v) is 9.06. The Morgan fingerprint density at radius 1 is 1.08 bits per heavy atom. The molecule has 5 nitrogen and oxygen atoms in total. The Morgan fingerprint density at radius 2 is 2.04 bits per heavy atom. The standard InChI is InChI=1S/C20H24N4O/c25-19(17-5-3-9-21-13-17)24-11-4-7-20(16-24)8-12-23(15-20)14-18-6-1-2-10-22-18/h1-3,5-6,9-10,13H,4,7-8,11-12,14-16H2. The zero-order chi connectivity index (χ0) is 17.1. The van der Waals surface area contributed by atoms with Gasteiger partial charge in [0.2, 0.25) is 0 Å². The first kappa shape index (κ1) is 16.2. The summed E-state index contributed by atoms with van der Waals surface area (Å²) in [7, 11) is 0. The average Bonchev–Trinajstić information content (AvgIpc) is 3.04. The number of hydrogen-bond acceptors (Lipinski definition) is 4. The van der Waals surface area contributed by atoms with Gasteiger partial charge in [0.1, 0.15) is 0 Å². The molecule has 0 saturated carbocycles. The van der Waals surface area contributed by atoms with Crippen LogP contribution in [-0.2, 0) is 6.54 Å². The minimum atomic E-state index is 0.121. The molecule has 25 heavy (non-hydrogen) atoms. The molecule has 2 fully saturated rings. The Hall–Kier alpha value is -2.27. The van der Waals surface area contributed by atoms with Crippen molar-refractivity contribution >= 4 is 5.91 Å². The van der Waals surface area contributed by atoms with E-state index in [0.29, 0.717) is 5.56 Å². The topological polar surface area (TPSA) is 49.3 Å². The van der Waals surface area contributed by atoms with Crippen molar-refractivity contribution in [1.29, 1.82) is 0 Å². The number of aromatic nitrogens is 2. The summed E-state index contributed by atoms with van der Waals surface area (Å²) < 4.78 is 0. The van der Waals surface area contributed by atoms with Crippen molar-refractivity contribution in [3.8, 4) is 0 Å². The van der Waals surface area contributed by atoms with Gasteiger partial charge >= 0.3 is 0 Å². The highest BCUT2D eigenvalue weighted by Gasteiger charge is 2.42. The van der Waals surface area contributed by atoms with E-state index >= 15 is 0 Å². The molecule has 5 heteroatoms. The zero-order valence-electron chi connectivity index (χ0n) is 14.5. The molecule has 130 valence electrons. The highest BCUT2D eigenvalue weighted by molar-refractivity contribution is 5.94. The van der Waals surface area contributed by atoms with Crippen LogP contribution < -0.4 is 0 Å². The van der Waals surface area contributed by atoms with Gasteiger partial charge in [-0.1, -0.05) is 6.07 Å². The van der Waals surface area contributed by atoms with Crippen molar-refractivity contribution in [3.63, 3.8) is 0 Å². The second kappa shape index (κ2) is 6.92. The van der Waals surface area contributed by atoms with Crippen LogP contribution in [0.4, 0.5) is 0 Å². The Balaban J connectivity index is 1.42. The van der Waals surface area contributed by atoms with Crippen molar-refractivity contribution in [1.82, 2.24) is 19.8 Å². The lowest BCUT2D eigenvalue weighted by Gasteiger charge is -2.40. The van der Waals surface area contributed by atoms with Gasteiger partial charge in [0.15, 0.2) is 0 Å². The molecule has 2 aliphatic heterocycles. The van der Waals surface area contributed by atoms with Crippen LogP contribution in [0.3, 0.4) is 0 Å². The van der Waals surface area contributed by atoms with Crippen LogP contribution in [0.5, 0.6) is 0 Å². The number of amides is 1. The third kappa shape index (κ3) is 3.56. The first-order valence-electron chi connectivity index (χ1n) is 9.06. The molecular formula is C20H24N4O. The predicted octanol–water partition coefficient (Wildman–Crippen LogP) is 2.60. The number of piperidine rings is 1. The maximum absolute atomic E-state index is 12.8. The molecule has 2 aromatic heterocycles. The Bertz CT molecular complexity index is 721. The lowest BCUT2D eigenvalue weighted by atomic mass is 9.79. The maximum atomic E-state index is 12.8. The van der Waals surface area contributed by atoms with E-state index in [9.17, 15) is 4.79 Å². The molecule has 2 aromatic rings. The number of carbonyl (C=O) groups is 1. The van der Waals surface area contributed by atoms with Crippen LogP contribution in [0.1, 0.15) is 35.3 Å². The van der Waals surface area contributed by atoms with Gasteiger partial charge in [-0.3, -0.25) is 19.7 Å². The van der Waals surface area contributed by atoms with E-state index in [1.54, 1.807) is 12.4 Å². The van der Waals surface area contributed by atoms with Crippen LogP contribution in [0.15, 0.2) is 48.9 Å². The molecule has 2 aliphatic rings. The van der Waals surface area contributed by atoms with E-state index in [1.165, 1.54) is 6.42 Å². The SMILES string of the molecule is O=C(c1cccnc1)N1CCCC2(CCN(Cc3ccccn3)C2)C1. The Kier molecular flexibility index (Phi) is 4.49. The molecule has 0 bridgehead atoms. The number of pyridine rings is 2. The van der Waals surface area contributed by atoms with Gasteiger partial charge in [0, 0.05) is 50.2 Å². The van der Waals surface area contributed by atoms with Crippen molar-refractivity contribution in [2.75, 3.05) is 26.2 Å². The normalized spacial score (nSPS) is 23.9. The van der Waals surface area contributed by atoms with Crippen LogP contribution in [0.2, 0.25) is 0 Å². The summed E-state index contributed by atoms with van der Waals surface area (Å²) in [5, 5.41) is 0. The summed E-state index contributed by atoms with van der Waals surface area (Å²) in [5.74, 6) is 0.121. The molecule has 0 N–H and O–H groups in total. The summed E-state index contributed by atoms with van der Waals surface area (Å²) in [6.07, 6.45) is 8.70. The predicted molar refractivity (Wildman–Crippen MR) is 95.9 cm³/mol. The monoisotopic (exact) mass is 336 g/mol. The van der Waals surface area contributed by atoms with Crippen molar-refractivity contribution in [2.24, 2.45) is 5.41 Å². The van der Waals surface area contributed by atoms with E-state index in [0.717, 1.165) is 51.3 Å². The molecule has 4 rings (SSSR count). The number of hydrogen-bond donors (Lipinski definition) is 0. The van der Waals surface area contributed by atoms with Gasteiger partial charge < -0.3 is 4.90 Å². The molecule has 1 amide bonds. The molecule has 1 atom stereocenters. The Morgan fingerprint density at radius 3 is 2.84 bits per heavy atom. The highest BCUT2D eigenvalue weighted by atomic mass is 16.2. The Labute approximate surface area is 148 Å². The van der Waals surface area contributed by atoms with Crippen molar-refractivity contribution in [2.45, 2.75) is 25.8 Å². The minimum absolute atomic E-state index is 0.121. The van der Waals surface area contributed by atoms with E-state index < -0.39 is 0 Å². The summed E-state index contributed by atoms with van der Waals surface area (Å²) in [4.78, 5) is 25.8. The summed E-state index contributed by atoms with van der Waals surface area (Å²) in [6, 6.07) is 9.78. The van der Waals surface area contributed by atoms with Crippen LogP contribution in [-0.4, -0.2) is 51.9 Å². The molecular weight excluding hydrogens is 312 g/mol. The van der Waals surface area contributed by atoms with E-state index in [1.807, 2.05) is 35.4 Å². The largest absolute Gasteiger partial charge is 0.338 e. The van der Waals surface area contributed by atoms with E-state index in [2.05, 4.69) is 20.9 Å². The number of rotatable bonds is 3. The molecule has 4 heterocycles. The summed E-state index contributed by atoms with van der Waals surface area (Å²) in [5.41, 5.74) is 2.06. The van der Waals surface area contributed by atoms with Crippen molar-refractivity contribution in [3.05, 3.63) is 60.2 Å². The lowest BCUT2D eigenvalue weighted by molar-refractivity contribution is 0.0526. The van der Waals surface area contributed by atoms with Gasteiger partial charge in [0.05, 0.1) is 11.3 Å². The van der Waals surface area contributed by atoms with E-state index in [4.69, 9.17) is 0 Å². The smallest absolute Gasteiger partial charge is 0.255 e. The molecule has 2 saturated heterocycles.